The molecular formula is C39H43NO12. The number of benzene rings is 3. The number of Topliss-reactive ketones (excluding diaryl/α,β-unsaturated/α-hetero) is 1. The lowest BCUT2D eigenvalue weighted by Crippen LogP contribution is -2.54. The van der Waals surface area contributed by atoms with E-state index in [9.17, 15) is 39.6 Å². The Bertz CT molecular complexity index is 1880. The Morgan fingerprint density at radius 2 is 1.73 bits per heavy atom. The van der Waals surface area contributed by atoms with Gasteiger partial charge in [-0.3, -0.25) is 19.2 Å². The molecule has 2 aliphatic carbocycles. The number of phenolic OH excluding ortho intramolecular Hbond substituents is 2. The monoisotopic (exact) mass is 717 g/mol. The normalized spacial score (nSPS) is 25.1. The molecule has 0 unspecified atom stereocenters. The Hall–Kier alpha value is -4.66. The van der Waals surface area contributed by atoms with Crippen LogP contribution in [0.25, 0.3) is 0 Å². The van der Waals surface area contributed by atoms with E-state index in [0.29, 0.717) is 13.0 Å². The average molecular weight is 718 g/mol. The van der Waals surface area contributed by atoms with Crippen molar-refractivity contribution in [3.63, 3.8) is 0 Å². The predicted molar refractivity (Wildman–Crippen MR) is 184 cm³/mol. The average Bonchev–Trinajstić information content (AvgIpc) is 3.14. The molecule has 1 fully saturated rings. The summed E-state index contributed by atoms with van der Waals surface area (Å²) in [6.07, 6.45) is -3.71. The molecule has 0 radical (unpaired) electrons. The summed E-state index contributed by atoms with van der Waals surface area (Å²) in [5.41, 5.74) is -2.71. The minimum Gasteiger partial charge on any atom is -0.507 e. The van der Waals surface area contributed by atoms with Crippen LogP contribution < -0.4 is 10.1 Å². The van der Waals surface area contributed by atoms with Gasteiger partial charge in [-0.05, 0) is 25.0 Å². The highest BCUT2D eigenvalue weighted by molar-refractivity contribution is 6.31. The molecule has 0 bridgehead atoms. The molecule has 0 spiro atoms. The zero-order valence-electron chi connectivity index (χ0n) is 29.2. The number of aliphatic hydroxyl groups excluding tert-OH is 1. The van der Waals surface area contributed by atoms with Crippen LogP contribution in [0.2, 0.25) is 0 Å². The van der Waals surface area contributed by atoms with E-state index in [-0.39, 0.29) is 40.8 Å². The maximum atomic E-state index is 14.0. The third-order valence-corrected chi connectivity index (χ3v) is 10.1. The van der Waals surface area contributed by atoms with Crippen molar-refractivity contribution in [1.29, 1.82) is 0 Å². The molecule has 276 valence electrons. The molecule has 6 atom stereocenters. The molecule has 3 aromatic carbocycles. The summed E-state index contributed by atoms with van der Waals surface area (Å²) < 4.78 is 22.9. The van der Waals surface area contributed by atoms with E-state index in [1.54, 1.807) is 6.92 Å². The number of hydrogen-bond acceptors (Lipinski definition) is 13. The number of phenols is 2. The van der Waals surface area contributed by atoms with Crippen molar-refractivity contribution in [2.75, 3.05) is 13.7 Å². The first-order chi connectivity index (χ1) is 24.9. The summed E-state index contributed by atoms with van der Waals surface area (Å²) in [7, 11) is 1.33. The molecule has 0 amide bonds. The maximum absolute atomic E-state index is 14.0. The highest BCUT2D eigenvalue weighted by atomic mass is 16.7. The number of ether oxygens (including phenoxy) is 4. The zero-order valence-corrected chi connectivity index (χ0v) is 29.2. The molecule has 0 aromatic heterocycles. The molecule has 5 N–H and O–H groups in total. The molecule has 3 aromatic rings. The van der Waals surface area contributed by atoms with Gasteiger partial charge in [-0.15, -0.1) is 0 Å². The van der Waals surface area contributed by atoms with Gasteiger partial charge < -0.3 is 44.7 Å². The van der Waals surface area contributed by atoms with E-state index >= 15 is 0 Å². The quantitative estimate of drug-likeness (QED) is 0.105. The summed E-state index contributed by atoms with van der Waals surface area (Å²) in [5.74, 6) is -4.32. The van der Waals surface area contributed by atoms with Crippen LogP contribution in [0.3, 0.4) is 0 Å². The fraction of sp³-hybridized carbons (Fsp3) is 0.436. The number of methoxy groups -OCH3 is 1. The lowest BCUT2D eigenvalue weighted by atomic mass is 9.72. The first-order valence-corrected chi connectivity index (χ1v) is 17.4. The van der Waals surface area contributed by atoms with Crippen molar-refractivity contribution in [2.24, 2.45) is 0 Å². The predicted octanol–water partition coefficient (Wildman–Crippen LogP) is 3.57. The van der Waals surface area contributed by atoms with Crippen LogP contribution in [0, 0.1) is 0 Å². The van der Waals surface area contributed by atoms with Gasteiger partial charge in [0.2, 0.25) is 11.6 Å². The van der Waals surface area contributed by atoms with Crippen molar-refractivity contribution < 1.29 is 58.6 Å². The van der Waals surface area contributed by atoms with Crippen molar-refractivity contribution in [1.82, 2.24) is 5.32 Å². The number of fused-ring (bicyclic) bond motifs is 3. The molecule has 3 aliphatic rings. The van der Waals surface area contributed by atoms with Gasteiger partial charge in [0, 0.05) is 55.0 Å². The van der Waals surface area contributed by atoms with Crippen LogP contribution in [-0.4, -0.2) is 87.6 Å². The number of nitrogens with one attached hydrogen (secondary N) is 1. The third kappa shape index (κ3) is 6.94. The molecule has 1 heterocycles. The summed E-state index contributed by atoms with van der Waals surface area (Å²) >= 11 is 0. The van der Waals surface area contributed by atoms with Crippen LogP contribution in [0.15, 0.2) is 48.5 Å². The highest BCUT2D eigenvalue weighted by Crippen LogP contribution is 2.52. The summed E-state index contributed by atoms with van der Waals surface area (Å²) in [4.78, 5) is 53.7. The minimum atomic E-state index is -2.30. The van der Waals surface area contributed by atoms with Gasteiger partial charge in [0.25, 0.3) is 0 Å². The topological polar surface area (TPSA) is 198 Å². The number of unbranched alkanes of at least 4 members (excludes halogenated alkanes) is 1. The molecule has 13 heteroatoms. The first kappa shape index (κ1) is 37.1. The van der Waals surface area contributed by atoms with E-state index in [1.165, 1.54) is 25.3 Å². The van der Waals surface area contributed by atoms with Crippen molar-refractivity contribution >= 4 is 23.3 Å². The lowest BCUT2D eigenvalue weighted by Gasteiger charge is -2.43. The van der Waals surface area contributed by atoms with Gasteiger partial charge in [-0.1, -0.05) is 55.8 Å². The van der Waals surface area contributed by atoms with Crippen molar-refractivity contribution in [2.45, 2.75) is 95.2 Å². The van der Waals surface area contributed by atoms with Gasteiger partial charge in [-0.25, -0.2) is 0 Å². The molecule has 1 aliphatic heterocycles. The van der Waals surface area contributed by atoms with Crippen LogP contribution in [0.5, 0.6) is 17.2 Å². The molecule has 13 nitrogen and oxygen atoms in total. The first-order valence-electron chi connectivity index (χ1n) is 17.4. The number of hydrogen-bond donors (Lipinski definition) is 5. The van der Waals surface area contributed by atoms with Crippen LogP contribution in [-0.2, 0) is 36.8 Å². The van der Waals surface area contributed by atoms with Crippen molar-refractivity contribution in [3.8, 4) is 17.2 Å². The number of carbonyl (C=O) groups is 4. The van der Waals surface area contributed by atoms with Crippen LogP contribution in [0.1, 0.15) is 101 Å². The number of aromatic hydroxyl groups is 2. The SMILES string of the molecule is CCCCC(=O)OCC(=O)[C@]1(O)Cc2c(O)c3c(c(O)c2[C@@H](O[C@H]2C[C@H](NCc4ccccc4)[C@H](O)[C@H](C)O2)C1)C(=O)c1c(OC)cccc1C3=O. The Kier molecular flexibility index (Phi) is 10.8. The number of carbonyl (C=O) groups excluding carboxylic acids is 4. The molecule has 1 saturated heterocycles. The number of rotatable bonds is 12. The molecule has 6 rings (SSSR count). The second-order valence-corrected chi connectivity index (χ2v) is 13.6. The fourth-order valence-corrected chi connectivity index (χ4v) is 7.29. The van der Waals surface area contributed by atoms with Crippen LogP contribution in [0.4, 0.5) is 0 Å². The second kappa shape index (κ2) is 15.1. The molecular weight excluding hydrogens is 674 g/mol. The smallest absolute Gasteiger partial charge is 0.306 e. The van der Waals surface area contributed by atoms with Gasteiger partial charge in [-0.2, -0.15) is 0 Å². The summed E-state index contributed by atoms with van der Waals surface area (Å²) in [6.45, 7) is 3.22. The summed E-state index contributed by atoms with van der Waals surface area (Å²) in [6, 6.07) is 13.4. The Labute approximate surface area is 300 Å². The standard InChI is InChI=1S/C39H43NO12/c1-4-5-14-28(42)50-19-27(41)39(48)16-23-31(38(47)33-32(36(23)45)35(44)22-12-9-13-25(49-3)30(22)37(33)46)26(17-39)52-29-15-24(34(43)20(2)51-29)40-18-21-10-7-6-8-11-21/h6-13,20,24,26,29,34,40,43,45,47-48H,4-5,14-19H2,1-3H3/t20-,24-,26-,29-,34+,39-/m0/s1. The maximum Gasteiger partial charge on any atom is 0.306 e. The second-order valence-electron chi connectivity index (χ2n) is 13.6. The number of aliphatic hydroxyl groups is 2. The Morgan fingerprint density at radius 3 is 2.44 bits per heavy atom. The van der Waals surface area contributed by atoms with E-state index in [1.807, 2.05) is 37.3 Å². The third-order valence-electron chi connectivity index (χ3n) is 10.1. The largest absolute Gasteiger partial charge is 0.507 e. The lowest BCUT2D eigenvalue weighted by molar-refractivity contribution is -0.250. The fourth-order valence-electron chi connectivity index (χ4n) is 7.29. The van der Waals surface area contributed by atoms with Gasteiger partial charge in [0.1, 0.15) is 22.8 Å². The van der Waals surface area contributed by atoms with Gasteiger partial charge in [0.05, 0.1) is 42.1 Å². The van der Waals surface area contributed by atoms with E-state index in [2.05, 4.69) is 5.32 Å². The van der Waals surface area contributed by atoms with E-state index in [0.717, 1.165) is 12.0 Å². The van der Waals surface area contributed by atoms with Crippen molar-refractivity contribution in [3.05, 3.63) is 87.5 Å². The van der Waals surface area contributed by atoms with Crippen LogP contribution >= 0.6 is 0 Å². The summed E-state index contributed by atoms with van der Waals surface area (Å²) in [5, 5.41) is 49.8. The molecule has 0 saturated carbocycles. The number of esters is 1. The number of ketones is 3. The van der Waals surface area contributed by atoms with E-state index in [4.69, 9.17) is 18.9 Å². The van der Waals surface area contributed by atoms with Gasteiger partial charge >= 0.3 is 5.97 Å². The zero-order chi connectivity index (χ0) is 37.3. The Balaban J connectivity index is 1.38. The van der Waals surface area contributed by atoms with E-state index < -0.39 is 102 Å². The Morgan fingerprint density at radius 1 is 1.00 bits per heavy atom. The molecule has 52 heavy (non-hydrogen) atoms. The minimum absolute atomic E-state index is 0.0577. The van der Waals surface area contributed by atoms with Gasteiger partial charge in [0.15, 0.2) is 18.7 Å². The highest BCUT2D eigenvalue weighted by Gasteiger charge is 2.50.